The minimum atomic E-state index is -0.185. The van der Waals surface area contributed by atoms with Crippen molar-refractivity contribution < 1.29 is 9.21 Å². The van der Waals surface area contributed by atoms with Crippen molar-refractivity contribution in [2.45, 2.75) is 26.7 Å². The highest BCUT2D eigenvalue weighted by molar-refractivity contribution is 5.92. The second-order valence-electron chi connectivity index (χ2n) is 4.24. The number of rotatable bonds is 7. The first-order valence-electron chi connectivity index (χ1n) is 6.51. The Morgan fingerprint density at radius 2 is 2.16 bits per heavy atom. The summed E-state index contributed by atoms with van der Waals surface area (Å²) < 4.78 is 5.10. The smallest absolute Gasteiger partial charge is 0.287 e. The van der Waals surface area contributed by atoms with Crippen molar-refractivity contribution in [3.05, 3.63) is 23.7 Å². The van der Waals surface area contributed by atoms with E-state index in [9.17, 15) is 4.79 Å². The molecule has 0 aliphatic carbocycles. The lowest BCUT2D eigenvalue weighted by atomic mass is 10.2. The normalized spacial score (nSPS) is 11.4. The Labute approximate surface area is 113 Å². The Morgan fingerprint density at radius 3 is 2.79 bits per heavy atom. The zero-order valence-electron chi connectivity index (χ0n) is 11.5. The van der Waals surface area contributed by atoms with E-state index in [4.69, 9.17) is 10.2 Å². The van der Waals surface area contributed by atoms with Gasteiger partial charge in [-0.25, -0.2) is 0 Å². The fourth-order valence-corrected chi connectivity index (χ4v) is 1.48. The second kappa shape index (κ2) is 8.18. The Balaban J connectivity index is 2.15. The SMILES string of the molecule is CCCN=C(N)NCCCNC(=O)c1occc1C. The van der Waals surface area contributed by atoms with Gasteiger partial charge in [-0.3, -0.25) is 9.79 Å². The number of nitrogens with zero attached hydrogens (tertiary/aromatic N) is 1. The predicted molar refractivity (Wildman–Crippen MR) is 75.2 cm³/mol. The molecule has 0 atom stereocenters. The summed E-state index contributed by atoms with van der Waals surface area (Å²) in [7, 11) is 0. The molecular formula is C13H22N4O2. The van der Waals surface area contributed by atoms with Crippen LogP contribution in [0.2, 0.25) is 0 Å². The summed E-state index contributed by atoms with van der Waals surface area (Å²) in [6.45, 7) is 5.85. The molecule has 0 spiro atoms. The van der Waals surface area contributed by atoms with Gasteiger partial charge in [0, 0.05) is 25.2 Å². The van der Waals surface area contributed by atoms with Crippen LogP contribution in [-0.2, 0) is 0 Å². The van der Waals surface area contributed by atoms with Crippen LogP contribution in [0, 0.1) is 6.92 Å². The fourth-order valence-electron chi connectivity index (χ4n) is 1.48. The molecule has 1 rings (SSSR count). The second-order valence-corrected chi connectivity index (χ2v) is 4.24. The summed E-state index contributed by atoms with van der Waals surface area (Å²) >= 11 is 0. The molecule has 1 aromatic rings. The van der Waals surface area contributed by atoms with Crippen LogP contribution >= 0.6 is 0 Å². The van der Waals surface area contributed by atoms with Crippen molar-refractivity contribution in [2.24, 2.45) is 10.7 Å². The van der Waals surface area contributed by atoms with E-state index in [1.165, 1.54) is 6.26 Å². The van der Waals surface area contributed by atoms with E-state index < -0.39 is 0 Å². The van der Waals surface area contributed by atoms with Crippen LogP contribution in [0.4, 0.5) is 0 Å². The van der Waals surface area contributed by atoms with E-state index in [0.717, 1.165) is 24.9 Å². The van der Waals surface area contributed by atoms with E-state index in [2.05, 4.69) is 15.6 Å². The summed E-state index contributed by atoms with van der Waals surface area (Å²) in [5, 5.41) is 5.78. The molecule has 0 aromatic carbocycles. The molecule has 0 saturated carbocycles. The van der Waals surface area contributed by atoms with Gasteiger partial charge < -0.3 is 20.8 Å². The third-order valence-corrected chi connectivity index (χ3v) is 2.52. The topological polar surface area (TPSA) is 92.6 Å². The lowest BCUT2D eigenvalue weighted by Gasteiger charge is -2.06. The van der Waals surface area contributed by atoms with Crippen molar-refractivity contribution in [3.8, 4) is 0 Å². The number of furan rings is 1. The zero-order valence-corrected chi connectivity index (χ0v) is 11.5. The standard InChI is InChI=1S/C13H22N4O2/c1-3-6-16-13(14)17-8-4-7-15-12(18)11-10(2)5-9-19-11/h5,9H,3-4,6-8H2,1-2H3,(H,15,18)(H3,14,16,17). The van der Waals surface area contributed by atoms with Gasteiger partial charge in [0.1, 0.15) is 0 Å². The molecule has 6 heteroatoms. The molecule has 1 amide bonds. The summed E-state index contributed by atoms with van der Waals surface area (Å²) in [6.07, 6.45) is 3.26. The van der Waals surface area contributed by atoms with E-state index in [-0.39, 0.29) is 5.91 Å². The summed E-state index contributed by atoms with van der Waals surface area (Å²) in [6, 6.07) is 1.77. The minimum Gasteiger partial charge on any atom is -0.459 e. The molecule has 1 heterocycles. The van der Waals surface area contributed by atoms with Crippen molar-refractivity contribution in [1.82, 2.24) is 10.6 Å². The molecule has 1 aromatic heterocycles. The van der Waals surface area contributed by atoms with E-state index >= 15 is 0 Å². The fraction of sp³-hybridized carbons (Fsp3) is 0.538. The molecule has 4 N–H and O–H groups in total. The highest BCUT2D eigenvalue weighted by atomic mass is 16.3. The number of aryl methyl sites for hydroxylation is 1. The highest BCUT2D eigenvalue weighted by Gasteiger charge is 2.11. The van der Waals surface area contributed by atoms with Crippen LogP contribution in [0.1, 0.15) is 35.9 Å². The summed E-state index contributed by atoms with van der Waals surface area (Å²) in [5.74, 6) is 0.641. The van der Waals surface area contributed by atoms with Gasteiger partial charge in [-0.15, -0.1) is 0 Å². The van der Waals surface area contributed by atoms with E-state index in [1.54, 1.807) is 6.07 Å². The first kappa shape index (κ1) is 15.1. The molecule has 106 valence electrons. The van der Waals surface area contributed by atoms with Crippen molar-refractivity contribution in [1.29, 1.82) is 0 Å². The van der Waals surface area contributed by atoms with Gasteiger partial charge in [0.15, 0.2) is 11.7 Å². The molecule has 19 heavy (non-hydrogen) atoms. The van der Waals surface area contributed by atoms with Crippen LogP contribution in [-0.4, -0.2) is 31.5 Å². The van der Waals surface area contributed by atoms with Crippen LogP contribution < -0.4 is 16.4 Å². The zero-order chi connectivity index (χ0) is 14.1. The number of nitrogens with one attached hydrogen (secondary N) is 2. The number of nitrogens with two attached hydrogens (primary N) is 1. The van der Waals surface area contributed by atoms with Gasteiger partial charge in [0.05, 0.1) is 6.26 Å². The quantitative estimate of drug-likeness (QED) is 0.390. The molecule has 0 fully saturated rings. The lowest BCUT2D eigenvalue weighted by Crippen LogP contribution is -2.34. The van der Waals surface area contributed by atoms with Gasteiger partial charge in [-0.1, -0.05) is 6.92 Å². The van der Waals surface area contributed by atoms with Gasteiger partial charge in [0.25, 0.3) is 5.91 Å². The van der Waals surface area contributed by atoms with Crippen molar-refractivity contribution >= 4 is 11.9 Å². The summed E-state index contributed by atoms with van der Waals surface area (Å²) in [5.41, 5.74) is 6.47. The van der Waals surface area contributed by atoms with E-state index in [1.807, 2.05) is 13.8 Å². The number of hydrogen-bond acceptors (Lipinski definition) is 3. The molecule has 6 nitrogen and oxygen atoms in total. The highest BCUT2D eigenvalue weighted by Crippen LogP contribution is 2.07. The van der Waals surface area contributed by atoms with Crippen molar-refractivity contribution in [3.63, 3.8) is 0 Å². The first-order valence-corrected chi connectivity index (χ1v) is 6.51. The molecule has 0 aliphatic heterocycles. The van der Waals surface area contributed by atoms with Crippen molar-refractivity contribution in [2.75, 3.05) is 19.6 Å². The third kappa shape index (κ3) is 5.46. The maximum absolute atomic E-state index is 11.7. The maximum atomic E-state index is 11.7. The predicted octanol–water partition coefficient (Wildman–Crippen LogP) is 1.02. The molecule has 0 aliphatic rings. The van der Waals surface area contributed by atoms with Crippen LogP contribution in [0.15, 0.2) is 21.7 Å². The minimum absolute atomic E-state index is 0.185. The molecule has 0 bridgehead atoms. The average Bonchev–Trinajstić information content (AvgIpc) is 2.82. The molecule has 0 radical (unpaired) electrons. The molecule has 0 saturated heterocycles. The van der Waals surface area contributed by atoms with Gasteiger partial charge in [-0.05, 0) is 25.8 Å². The van der Waals surface area contributed by atoms with Gasteiger partial charge >= 0.3 is 0 Å². The number of carbonyl (C=O) groups excluding carboxylic acids is 1. The molecule has 0 unspecified atom stereocenters. The van der Waals surface area contributed by atoms with Crippen LogP contribution in [0.3, 0.4) is 0 Å². The maximum Gasteiger partial charge on any atom is 0.287 e. The number of amides is 1. The van der Waals surface area contributed by atoms with Gasteiger partial charge in [-0.2, -0.15) is 0 Å². The first-order chi connectivity index (χ1) is 9.15. The monoisotopic (exact) mass is 266 g/mol. The number of guanidine groups is 1. The van der Waals surface area contributed by atoms with Gasteiger partial charge in [0.2, 0.25) is 0 Å². The lowest BCUT2D eigenvalue weighted by molar-refractivity contribution is 0.0925. The largest absolute Gasteiger partial charge is 0.459 e. The van der Waals surface area contributed by atoms with Crippen LogP contribution in [0.25, 0.3) is 0 Å². The Hall–Kier alpha value is -1.98. The average molecular weight is 266 g/mol. The Bertz CT molecular complexity index is 426. The number of aliphatic imine (C=N–C) groups is 1. The Morgan fingerprint density at radius 1 is 1.42 bits per heavy atom. The number of hydrogen-bond donors (Lipinski definition) is 3. The summed E-state index contributed by atoms with van der Waals surface area (Å²) in [4.78, 5) is 15.8. The Kier molecular flexibility index (Phi) is 6.49. The number of carbonyl (C=O) groups is 1. The third-order valence-electron chi connectivity index (χ3n) is 2.52. The molecular weight excluding hydrogens is 244 g/mol. The van der Waals surface area contributed by atoms with E-state index in [0.29, 0.717) is 24.8 Å². The van der Waals surface area contributed by atoms with Crippen LogP contribution in [0.5, 0.6) is 0 Å².